The molecular formula is C19H22BrNO4. The SMILES string of the molecule is CCCCN1C(=O)/C(=C\c2cc(Br)ccc2OC)C(C(=O)OC)=C1C. The van der Waals surface area contributed by atoms with Gasteiger partial charge in [0.2, 0.25) is 0 Å². The second-order valence-electron chi connectivity index (χ2n) is 5.71. The lowest BCUT2D eigenvalue weighted by molar-refractivity contribution is -0.136. The maximum Gasteiger partial charge on any atom is 0.340 e. The molecule has 0 spiro atoms. The van der Waals surface area contributed by atoms with E-state index in [0.717, 1.165) is 17.3 Å². The van der Waals surface area contributed by atoms with Crippen molar-refractivity contribution in [1.29, 1.82) is 0 Å². The third kappa shape index (κ3) is 3.95. The van der Waals surface area contributed by atoms with Crippen LogP contribution in [0.5, 0.6) is 5.75 Å². The van der Waals surface area contributed by atoms with Crippen molar-refractivity contribution in [2.45, 2.75) is 26.7 Å². The van der Waals surface area contributed by atoms with Crippen molar-refractivity contribution in [2.75, 3.05) is 20.8 Å². The first kappa shape index (κ1) is 19.2. The van der Waals surface area contributed by atoms with E-state index in [-0.39, 0.29) is 5.91 Å². The van der Waals surface area contributed by atoms with Gasteiger partial charge in [0.25, 0.3) is 5.91 Å². The Hall–Kier alpha value is -2.08. The summed E-state index contributed by atoms with van der Waals surface area (Å²) in [5, 5.41) is 0. The van der Waals surface area contributed by atoms with Crippen molar-refractivity contribution in [3.8, 4) is 5.75 Å². The highest BCUT2D eigenvalue weighted by Gasteiger charge is 2.36. The van der Waals surface area contributed by atoms with E-state index in [9.17, 15) is 9.59 Å². The minimum absolute atomic E-state index is 0.187. The molecule has 5 nitrogen and oxygen atoms in total. The van der Waals surface area contributed by atoms with Crippen LogP contribution in [0.2, 0.25) is 0 Å². The summed E-state index contributed by atoms with van der Waals surface area (Å²) in [7, 11) is 2.89. The molecule has 25 heavy (non-hydrogen) atoms. The summed E-state index contributed by atoms with van der Waals surface area (Å²) in [5.41, 5.74) is 1.99. The van der Waals surface area contributed by atoms with Crippen LogP contribution in [0.1, 0.15) is 32.3 Å². The smallest absolute Gasteiger partial charge is 0.340 e. The van der Waals surface area contributed by atoms with Gasteiger partial charge in [-0.2, -0.15) is 0 Å². The summed E-state index contributed by atoms with van der Waals surface area (Å²) in [5.74, 6) is -0.0733. The van der Waals surface area contributed by atoms with Crippen LogP contribution in [-0.2, 0) is 14.3 Å². The van der Waals surface area contributed by atoms with Crippen molar-refractivity contribution < 1.29 is 19.1 Å². The lowest BCUT2D eigenvalue weighted by atomic mass is 10.0. The fraction of sp³-hybridized carbons (Fsp3) is 0.368. The van der Waals surface area contributed by atoms with Crippen LogP contribution >= 0.6 is 15.9 Å². The van der Waals surface area contributed by atoms with E-state index in [1.165, 1.54) is 7.11 Å². The van der Waals surface area contributed by atoms with E-state index >= 15 is 0 Å². The molecule has 0 radical (unpaired) electrons. The summed E-state index contributed by atoms with van der Waals surface area (Å²) < 4.78 is 11.1. The van der Waals surface area contributed by atoms with Gasteiger partial charge in [0.1, 0.15) is 5.75 Å². The summed E-state index contributed by atoms with van der Waals surface area (Å²) in [6, 6.07) is 5.50. The van der Waals surface area contributed by atoms with Crippen molar-refractivity contribution in [1.82, 2.24) is 4.90 Å². The van der Waals surface area contributed by atoms with Gasteiger partial charge in [0.05, 0.1) is 25.4 Å². The molecule has 1 amide bonds. The Morgan fingerprint density at radius 3 is 2.64 bits per heavy atom. The summed E-state index contributed by atoms with van der Waals surface area (Å²) in [4.78, 5) is 26.8. The molecule has 0 unspecified atom stereocenters. The molecule has 6 heteroatoms. The number of rotatable bonds is 6. The lowest BCUT2D eigenvalue weighted by Crippen LogP contribution is -2.26. The Balaban J connectivity index is 2.56. The quantitative estimate of drug-likeness (QED) is 0.529. The number of hydrogen-bond acceptors (Lipinski definition) is 4. The highest BCUT2D eigenvalue weighted by Crippen LogP contribution is 2.34. The van der Waals surface area contributed by atoms with Crippen LogP contribution in [0.3, 0.4) is 0 Å². The number of carbonyl (C=O) groups excluding carboxylic acids is 2. The molecule has 2 rings (SSSR count). The fourth-order valence-corrected chi connectivity index (χ4v) is 3.17. The topological polar surface area (TPSA) is 55.8 Å². The minimum Gasteiger partial charge on any atom is -0.496 e. The molecule has 0 atom stereocenters. The molecule has 1 aromatic carbocycles. The first-order valence-corrected chi connectivity index (χ1v) is 8.90. The van der Waals surface area contributed by atoms with Crippen molar-refractivity contribution >= 4 is 33.9 Å². The molecule has 1 aromatic rings. The number of benzene rings is 1. The monoisotopic (exact) mass is 407 g/mol. The Bertz CT molecular complexity index is 752. The van der Waals surface area contributed by atoms with E-state index in [4.69, 9.17) is 9.47 Å². The number of halogens is 1. The zero-order valence-electron chi connectivity index (χ0n) is 14.9. The van der Waals surface area contributed by atoms with Gasteiger partial charge in [-0.15, -0.1) is 0 Å². The molecule has 0 aliphatic carbocycles. The minimum atomic E-state index is -0.509. The Morgan fingerprint density at radius 2 is 2.04 bits per heavy atom. The normalized spacial score (nSPS) is 16.0. The predicted molar refractivity (Wildman–Crippen MR) is 100 cm³/mol. The van der Waals surface area contributed by atoms with Gasteiger partial charge in [-0.1, -0.05) is 29.3 Å². The molecular weight excluding hydrogens is 386 g/mol. The molecule has 1 heterocycles. The van der Waals surface area contributed by atoms with E-state index in [1.54, 1.807) is 31.1 Å². The Labute approximate surface area is 156 Å². The number of esters is 1. The average molecular weight is 408 g/mol. The number of carbonyl (C=O) groups is 2. The molecule has 1 aliphatic heterocycles. The van der Waals surface area contributed by atoms with Gasteiger partial charge in [0.15, 0.2) is 0 Å². The maximum absolute atomic E-state index is 12.9. The fourth-order valence-electron chi connectivity index (χ4n) is 2.79. The van der Waals surface area contributed by atoms with Crippen molar-refractivity contribution in [3.05, 3.63) is 45.1 Å². The zero-order chi connectivity index (χ0) is 18.6. The van der Waals surface area contributed by atoms with Crippen LogP contribution in [0.25, 0.3) is 6.08 Å². The molecule has 0 bridgehead atoms. The van der Waals surface area contributed by atoms with Gasteiger partial charge in [0, 0.05) is 22.3 Å². The van der Waals surface area contributed by atoms with Gasteiger partial charge < -0.3 is 14.4 Å². The molecule has 0 saturated carbocycles. The van der Waals surface area contributed by atoms with Crippen LogP contribution in [0.15, 0.2) is 39.5 Å². The molecule has 0 fully saturated rings. The van der Waals surface area contributed by atoms with Crippen molar-refractivity contribution in [2.24, 2.45) is 0 Å². The van der Waals surface area contributed by atoms with Gasteiger partial charge in [-0.05, 0) is 37.6 Å². The Morgan fingerprint density at radius 1 is 1.32 bits per heavy atom. The number of ether oxygens (including phenoxy) is 2. The first-order valence-electron chi connectivity index (χ1n) is 8.11. The van der Waals surface area contributed by atoms with E-state index in [0.29, 0.717) is 34.7 Å². The van der Waals surface area contributed by atoms with Crippen LogP contribution in [0, 0.1) is 0 Å². The van der Waals surface area contributed by atoms with Crippen LogP contribution < -0.4 is 4.74 Å². The second kappa shape index (κ2) is 8.34. The van der Waals surface area contributed by atoms with E-state index in [1.807, 2.05) is 12.1 Å². The maximum atomic E-state index is 12.9. The first-order chi connectivity index (χ1) is 11.9. The largest absolute Gasteiger partial charge is 0.496 e. The highest BCUT2D eigenvalue weighted by molar-refractivity contribution is 9.10. The molecule has 0 aromatic heterocycles. The van der Waals surface area contributed by atoms with Crippen LogP contribution in [0.4, 0.5) is 0 Å². The van der Waals surface area contributed by atoms with Crippen LogP contribution in [-0.4, -0.2) is 37.5 Å². The molecule has 0 N–H and O–H groups in total. The summed E-state index contributed by atoms with van der Waals surface area (Å²) in [6.45, 7) is 4.41. The predicted octanol–water partition coefficient (Wildman–Crippen LogP) is 3.93. The lowest BCUT2D eigenvalue weighted by Gasteiger charge is -2.17. The third-order valence-corrected chi connectivity index (χ3v) is 4.62. The van der Waals surface area contributed by atoms with Gasteiger partial charge in [-0.3, -0.25) is 4.79 Å². The number of hydrogen-bond donors (Lipinski definition) is 0. The second-order valence-corrected chi connectivity index (χ2v) is 6.62. The zero-order valence-corrected chi connectivity index (χ0v) is 16.5. The molecule has 134 valence electrons. The molecule has 0 saturated heterocycles. The third-order valence-electron chi connectivity index (χ3n) is 4.13. The number of nitrogens with zero attached hydrogens (tertiary/aromatic N) is 1. The summed E-state index contributed by atoms with van der Waals surface area (Å²) in [6.07, 6.45) is 3.52. The van der Waals surface area contributed by atoms with E-state index in [2.05, 4.69) is 22.9 Å². The number of methoxy groups -OCH3 is 2. The molecule has 1 aliphatic rings. The standard InChI is InChI=1S/C19H22BrNO4/c1-5-6-9-21-12(2)17(19(23)25-4)15(18(21)22)11-13-10-14(20)7-8-16(13)24-3/h7-8,10-11H,5-6,9H2,1-4H3/b15-11-. The Kier molecular flexibility index (Phi) is 6.42. The highest BCUT2D eigenvalue weighted by atomic mass is 79.9. The number of allylic oxidation sites excluding steroid dienone is 1. The van der Waals surface area contributed by atoms with Gasteiger partial charge >= 0.3 is 5.97 Å². The van der Waals surface area contributed by atoms with Crippen molar-refractivity contribution in [3.63, 3.8) is 0 Å². The summed E-state index contributed by atoms with van der Waals surface area (Å²) >= 11 is 3.42. The average Bonchev–Trinajstić information content (AvgIpc) is 2.83. The van der Waals surface area contributed by atoms with E-state index < -0.39 is 5.97 Å². The number of amides is 1. The van der Waals surface area contributed by atoms with Gasteiger partial charge in [-0.25, -0.2) is 4.79 Å². The number of unbranched alkanes of at least 4 members (excludes halogenated alkanes) is 1.